The van der Waals surface area contributed by atoms with Gasteiger partial charge in [0.15, 0.2) is 0 Å². The maximum Gasteiger partial charge on any atom is 0.328 e. The van der Waals surface area contributed by atoms with Crippen LogP contribution in [0.1, 0.15) is 13.8 Å². The van der Waals surface area contributed by atoms with Gasteiger partial charge in [0.1, 0.15) is 17.7 Å². The number of methoxy groups -OCH3 is 1. The first-order valence-corrected chi connectivity index (χ1v) is 5.57. The third-order valence-corrected chi connectivity index (χ3v) is 2.43. The Kier molecular flexibility index (Phi) is 4.75. The molecule has 94 valence electrons. The Morgan fingerprint density at radius 1 is 1.35 bits per heavy atom. The van der Waals surface area contributed by atoms with Gasteiger partial charge in [-0.1, -0.05) is 19.9 Å². The predicted molar refractivity (Wildman–Crippen MR) is 68.0 cm³/mol. The molecule has 0 aliphatic carbocycles. The number of pyridine rings is 1. The lowest BCUT2D eigenvalue weighted by Gasteiger charge is -2.20. The van der Waals surface area contributed by atoms with Crippen molar-refractivity contribution < 1.29 is 9.53 Å². The van der Waals surface area contributed by atoms with E-state index in [1.807, 2.05) is 32.0 Å². The summed E-state index contributed by atoms with van der Waals surface area (Å²) >= 11 is 0. The molecule has 0 aliphatic rings. The van der Waals surface area contributed by atoms with Crippen LogP contribution >= 0.6 is 0 Å². The Morgan fingerprint density at radius 3 is 2.53 bits per heavy atom. The Balaban J connectivity index is 2.82. The number of carbonyl (C=O) groups is 1. The van der Waals surface area contributed by atoms with Crippen molar-refractivity contribution in [3.8, 4) is 0 Å². The minimum Gasteiger partial charge on any atom is -0.467 e. The van der Waals surface area contributed by atoms with Gasteiger partial charge in [0.25, 0.3) is 0 Å². The van der Waals surface area contributed by atoms with Crippen LogP contribution in [0.15, 0.2) is 18.2 Å². The molecule has 1 heterocycles. The van der Waals surface area contributed by atoms with Gasteiger partial charge in [-0.05, 0) is 18.1 Å². The zero-order valence-corrected chi connectivity index (χ0v) is 10.7. The summed E-state index contributed by atoms with van der Waals surface area (Å²) in [6, 6.07) is 5.16. The Bertz CT molecular complexity index is 380. The fourth-order valence-electron chi connectivity index (χ4n) is 1.44. The summed E-state index contributed by atoms with van der Waals surface area (Å²) in [6.07, 6.45) is 0. The second-order valence-corrected chi connectivity index (χ2v) is 4.05. The second kappa shape index (κ2) is 6.08. The lowest BCUT2D eigenvalue weighted by Crippen LogP contribution is -2.35. The van der Waals surface area contributed by atoms with Crippen molar-refractivity contribution in [1.29, 1.82) is 0 Å². The number of ether oxygens (including phenoxy) is 1. The van der Waals surface area contributed by atoms with E-state index in [0.29, 0.717) is 5.82 Å². The molecular weight excluding hydrogens is 218 g/mol. The van der Waals surface area contributed by atoms with Gasteiger partial charge >= 0.3 is 5.97 Å². The summed E-state index contributed by atoms with van der Waals surface area (Å²) in [7, 11) is 3.18. The van der Waals surface area contributed by atoms with Crippen LogP contribution in [0.4, 0.5) is 11.6 Å². The number of carbonyl (C=O) groups excluding carboxylic acids is 1. The average Bonchev–Trinajstić information content (AvgIpc) is 2.35. The SMILES string of the molecule is CNc1cccc(NC(C(=O)OC)C(C)C)n1. The van der Waals surface area contributed by atoms with Crippen molar-refractivity contribution in [3.05, 3.63) is 18.2 Å². The normalized spacial score (nSPS) is 12.1. The first kappa shape index (κ1) is 13.3. The maximum atomic E-state index is 11.6. The van der Waals surface area contributed by atoms with Gasteiger partial charge in [0.05, 0.1) is 7.11 Å². The van der Waals surface area contributed by atoms with Crippen molar-refractivity contribution in [1.82, 2.24) is 4.98 Å². The fourth-order valence-corrected chi connectivity index (χ4v) is 1.44. The first-order valence-electron chi connectivity index (χ1n) is 5.57. The topological polar surface area (TPSA) is 63.2 Å². The minimum atomic E-state index is -0.389. The van der Waals surface area contributed by atoms with Gasteiger partial charge < -0.3 is 15.4 Å². The molecule has 1 rings (SSSR count). The van der Waals surface area contributed by atoms with Crippen molar-refractivity contribution >= 4 is 17.6 Å². The molecule has 0 aromatic carbocycles. The number of aromatic nitrogens is 1. The number of rotatable bonds is 5. The molecule has 1 aromatic rings. The molecule has 0 spiro atoms. The summed E-state index contributed by atoms with van der Waals surface area (Å²) in [5.41, 5.74) is 0. The van der Waals surface area contributed by atoms with E-state index in [9.17, 15) is 4.79 Å². The van der Waals surface area contributed by atoms with Gasteiger partial charge in [-0.15, -0.1) is 0 Å². The Morgan fingerprint density at radius 2 is 2.00 bits per heavy atom. The molecule has 5 nitrogen and oxygen atoms in total. The summed E-state index contributed by atoms with van der Waals surface area (Å²) < 4.78 is 4.76. The standard InChI is InChI=1S/C12H19N3O2/c1-8(2)11(12(16)17-4)15-10-7-5-6-9(13-3)14-10/h5-8,11H,1-4H3,(H2,13,14,15). The highest BCUT2D eigenvalue weighted by Crippen LogP contribution is 2.14. The highest BCUT2D eigenvalue weighted by molar-refractivity contribution is 5.79. The lowest BCUT2D eigenvalue weighted by atomic mass is 10.0. The molecule has 17 heavy (non-hydrogen) atoms. The van der Waals surface area contributed by atoms with E-state index < -0.39 is 0 Å². The third kappa shape index (κ3) is 3.62. The number of anilines is 2. The zero-order valence-electron chi connectivity index (χ0n) is 10.7. The molecule has 0 aliphatic heterocycles. The molecule has 0 amide bonds. The van der Waals surface area contributed by atoms with Crippen molar-refractivity contribution in [2.45, 2.75) is 19.9 Å². The summed E-state index contributed by atoms with van der Waals surface area (Å²) in [4.78, 5) is 15.9. The minimum absolute atomic E-state index is 0.127. The van der Waals surface area contributed by atoms with Crippen molar-refractivity contribution in [2.75, 3.05) is 24.8 Å². The predicted octanol–water partition coefficient (Wildman–Crippen LogP) is 1.73. The molecule has 1 atom stereocenters. The zero-order chi connectivity index (χ0) is 12.8. The van der Waals surface area contributed by atoms with Crippen LogP contribution in [0.2, 0.25) is 0 Å². The monoisotopic (exact) mass is 237 g/mol. The van der Waals surface area contributed by atoms with Crippen LogP contribution in [0.3, 0.4) is 0 Å². The largest absolute Gasteiger partial charge is 0.467 e. The summed E-state index contributed by atoms with van der Waals surface area (Å²) in [5.74, 6) is 1.25. The Hall–Kier alpha value is -1.78. The molecule has 0 saturated heterocycles. The molecule has 0 bridgehead atoms. The Labute approximate surface area is 102 Å². The van der Waals surface area contributed by atoms with Gasteiger partial charge in [0.2, 0.25) is 0 Å². The van der Waals surface area contributed by atoms with E-state index >= 15 is 0 Å². The van der Waals surface area contributed by atoms with Crippen LogP contribution in [0.25, 0.3) is 0 Å². The third-order valence-electron chi connectivity index (χ3n) is 2.43. The number of nitrogens with zero attached hydrogens (tertiary/aromatic N) is 1. The highest BCUT2D eigenvalue weighted by atomic mass is 16.5. The summed E-state index contributed by atoms with van der Waals surface area (Å²) in [6.45, 7) is 3.91. The van der Waals surface area contributed by atoms with Crippen LogP contribution in [-0.2, 0) is 9.53 Å². The van der Waals surface area contributed by atoms with Crippen LogP contribution < -0.4 is 10.6 Å². The maximum absolute atomic E-state index is 11.6. The van der Waals surface area contributed by atoms with E-state index in [4.69, 9.17) is 4.74 Å². The average molecular weight is 237 g/mol. The van der Waals surface area contributed by atoms with Gasteiger partial charge in [-0.3, -0.25) is 0 Å². The van der Waals surface area contributed by atoms with Crippen LogP contribution in [0.5, 0.6) is 0 Å². The molecule has 2 N–H and O–H groups in total. The molecule has 0 fully saturated rings. The van der Waals surface area contributed by atoms with Crippen molar-refractivity contribution in [3.63, 3.8) is 0 Å². The molecule has 1 aromatic heterocycles. The van der Waals surface area contributed by atoms with E-state index in [-0.39, 0.29) is 17.9 Å². The molecule has 5 heteroatoms. The molecule has 0 saturated carbocycles. The second-order valence-electron chi connectivity index (χ2n) is 4.05. The number of nitrogens with one attached hydrogen (secondary N) is 2. The number of esters is 1. The van der Waals surface area contributed by atoms with Crippen LogP contribution in [-0.4, -0.2) is 31.2 Å². The van der Waals surface area contributed by atoms with E-state index in [1.54, 1.807) is 7.05 Å². The lowest BCUT2D eigenvalue weighted by molar-refractivity contribution is -0.142. The van der Waals surface area contributed by atoms with E-state index in [1.165, 1.54) is 7.11 Å². The smallest absolute Gasteiger partial charge is 0.328 e. The quantitative estimate of drug-likeness (QED) is 0.764. The molecular formula is C12H19N3O2. The number of hydrogen-bond donors (Lipinski definition) is 2. The first-order chi connectivity index (χ1) is 8.08. The van der Waals surface area contributed by atoms with Crippen molar-refractivity contribution in [2.24, 2.45) is 5.92 Å². The molecule has 1 unspecified atom stereocenters. The van der Waals surface area contributed by atoms with E-state index in [0.717, 1.165) is 5.82 Å². The van der Waals surface area contributed by atoms with Gasteiger partial charge in [-0.2, -0.15) is 0 Å². The number of hydrogen-bond acceptors (Lipinski definition) is 5. The van der Waals surface area contributed by atoms with E-state index in [2.05, 4.69) is 15.6 Å². The van der Waals surface area contributed by atoms with Crippen LogP contribution in [0, 0.1) is 5.92 Å². The fraction of sp³-hybridized carbons (Fsp3) is 0.500. The van der Waals surface area contributed by atoms with Gasteiger partial charge in [0, 0.05) is 7.05 Å². The van der Waals surface area contributed by atoms with Gasteiger partial charge in [-0.25, -0.2) is 9.78 Å². The highest BCUT2D eigenvalue weighted by Gasteiger charge is 2.23. The molecule has 0 radical (unpaired) electrons. The summed E-state index contributed by atoms with van der Waals surface area (Å²) in [5, 5.41) is 6.02.